The lowest BCUT2D eigenvalue weighted by Crippen LogP contribution is -2.61. The SMILES string of the molecule is CC(C)CCC[C@H](C)[C@H]1CCC2C3CCC4=C[C@@H](OC(=O)OC(C)(C)C)CC[C@]4(C)C3CC[C@@]21C.CC(C)OC(=O)[C@@]1(O)CCC2C3CCC4=CC(=O)C=C[C@]4(C)C3[C@@H](O)C[C@@]21C.CCc1ccc(CC(=O)OC)nc1.COC(=O)C1(C)CCCCC1.Cc1nc(-c2ccc(C(F)(F)F)cc2)sc1CC(=O)OC(C)C.Cc1oc(-c2ccccc2)nc1C(C)(C)OC(=O)C(C)C.Cc1oc(-c2ccccc2)nc1CC(=O)OC(C)C. The van der Waals surface area contributed by atoms with E-state index in [9.17, 15) is 61.7 Å². The number of aliphatic hydroxyl groups excluding tert-OH is 1. The van der Waals surface area contributed by atoms with Gasteiger partial charge in [0.25, 0.3) is 0 Å². The predicted octanol–water partition coefficient (Wildman–Crippen LogP) is 27.6. The van der Waals surface area contributed by atoms with E-state index in [1.54, 1.807) is 65.5 Å². The van der Waals surface area contributed by atoms with Gasteiger partial charge in [-0.05, 0) is 331 Å². The maximum atomic E-state index is 12.8. The third-order valence-electron chi connectivity index (χ3n) is 32.6. The van der Waals surface area contributed by atoms with Crippen LogP contribution in [0.3, 0.4) is 0 Å². The molecule has 16 rings (SSSR count). The summed E-state index contributed by atoms with van der Waals surface area (Å²) in [6, 6.07) is 27.9. The molecule has 6 unspecified atom stereocenters. The van der Waals surface area contributed by atoms with E-state index in [1.165, 1.54) is 120 Å². The summed E-state index contributed by atoms with van der Waals surface area (Å²) in [7, 11) is 2.85. The number of carbonyl (C=O) groups excluding carboxylic acids is 8. The molecule has 2 N–H and O–H groups in total. The summed E-state index contributed by atoms with van der Waals surface area (Å²) >= 11 is 1.29. The summed E-state index contributed by atoms with van der Waals surface area (Å²) < 4.78 is 90.6. The van der Waals surface area contributed by atoms with Gasteiger partial charge >= 0.3 is 48.1 Å². The number of rotatable bonds is 24. The zero-order chi connectivity index (χ0) is 111. The number of thiazole rings is 1. The van der Waals surface area contributed by atoms with Crippen LogP contribution in [0, 0.1) is 107 Å². The molecule has 9 aliphatic rings. The average Bonchev–Trinajstić information content (AvgIpc) is 1.51. The third-order valence-corrected chi connectivity index (χ3v) is 33.8. The minimum Gasteiger partial charge on any atom is -0.469 e. The van der Waals surface area contributed by atoms with Crippen molar-refractivity contribution in [2.24, 2.45) is 86.3 Å². The molecular formula is C122H169F3N4O20S. The van der Waals surface area contributed by atoms with E-state index in [2.05, 4.69) is 79.2 Å². The van der Waals surface area contributed by atoms with Gasteiger partial charge in [0, 0.05) is 44.5 Å². The smallest absolute Gasteiger partial charge is 0.469 e. The Morgan fingerprint density at radius 2 is 1.18 bits per heavy atom. The minimum atomic E-state index is -4.36. The first-order valence-electron chi connectivity index (χ1n) is 54.4. The van der Waals surface area contributed by atoms with Crippen LogP contribution in [0.5, 0.6) is 0 Å². The number of oxazole rings is 2. The lowest BCUT2D eigenvalue weighted by molar-refractivity contribution is -0.200. The van der Waals surface area contributed by atoms with Crippen molar-refractivity contribution in [3.63, 3.8) is 0 Å². The number of methoxy groups -OCH3 is 2. The van der Waals surface area contributed by atoms with Crippen LogP contribution in [0.1, 0.15) is 337 Å². The first-order valence-corrected chi connectivity index (χ1v) is 55.2. The van der Waals surface area contributed by atoms with Gasteiger partial charge in [-0.15, -0.1) is 11.3 Å². The second-order valence-electron chi connectivity index (χ2n) is 47.0. The van der Waals surface area contributed by atoms with E-state index in [0.717, 1.165) is 126 Å². The molecule has 0 bridgehead atoms. The summed E-state index contributed by atoms with van der Waals surface area (Å²) in [5, 5.41) is 23.3. The molecule has 9 aliphatic carbocycles. The number of benzene rings is 3. The number of hydrogen-bond acceptors (Lipinski definition) is 25. The monoisotopic (exact) mass is 2100 g/mol. The molecule has 0 amide bonds. The van der Waals surface area contributed by atoms with E-state index in [1.807, 2.05) is 162 Å². The summed E-state index contributed by atoms with van der Waals surface area (Å²) in [6.07, 6.45) is 28.0. The largest absolute Gasteiger partial charge is 0.509 e. The average molecular weight is 2100 g/mol. The summed E-state index contributed by atoms with van der Waals surface area (Å²) in [5.41, 5.74) is 5.01. The molecule has 15 atom stereocenters. The van der Waals surface area contributed by atoms with Crippen LogP contribution in [-0.2, 0) is 109 Å². The first kappa shape index (κ1) is 121. The number of allylic oxidation sites excluding steroid dienone is 5. The zero-order valence-corrected chi connectivity index (χ0v) is 94.9. The molecule has 7 fully saturated rings. The van der Waals surface area contributed by atoms with Crippen molar-refractivity contribution in [1.29, 1.82) is 0 Å². The number of nitrogens with zero attached hydrogens (tertiary/aromatic N) is 4. The summed E-state index contributed by atoms with van der Waals surface area (Å²) in [4.78, 5) is 112. The van der Waals surface area contributed by atoms with Crippen LogP contribution >= 0.6 is 11.3 Å². The lowest BCUT2D eigenvalue weighted by atomic mass is 9.46. The van der Waals surface area contributed by atoms with Gasteiger partial charge < -0.3 is 56.9 Å². The van der Waals surface area contributed by atoms with Gasteiger partial charge in [-0.1, -0.05) is 180 Å². The van der Waals surface area contributed by atoms with Gasteiger partial charge in [0.1, 0.15) is 33.9 Å². The minimum absolute atomic E-state index is 0.00149. The highest BCUT2D eigenvalue weighted by molar-refractivity contribution is 7.15. The van der Waals surface area contributed by atoms with Crippen molar-refractivity contribution >= 4 is 59.1 Å². The molecule has 7 aromatic rings. The molecule has 0 aliphatic heterocycles. The number of pyridine rings is 1. The van der Waals surface area contributed by atoms with E-state index >= 15 is 0 Å². The highest BCUT2D eigenvalue weighted by Crippen LogP contribution is 2.70. The zero-order valence-electron chi connectivity index (χ0n) is 94.0. The van der Waals surface area contributed by atoms with Gasteiger partial charge in [0.2, 0.25) is 11.8 Å². The summed E-state index contributed by atoms with van der Waals surface area (Å²) in [6.45, 7) is 49.8. The molecule has 4 aromatic heterocycles. The Hall–Kier alpha value is -10.5. The fraction of sp³-hybridized carbons (Fsp3) is 0.623. The molecule has 4 heterocycles. The van der Waals surface area contributed by atoms with Crippen LogP contribution in [0.25, 0.3) is 33.5 Å². The second-order valence-corrected chi connectivity index (χ2v) is 48.0. The van der Waals surface area contributed by atoms with Crippen molar-refractivity contribution in [3.05, 3.63) is 189 Å². The molecule has 24 nitrogen and oxygen atoms in total. The number of esters is 6. The molecule has 0 spiro atoms. The van der Waals surface area contributed by atoms with E-state index in [4.69, 9.17) is 42.0 Å². The van der Waals surface area contributed by atoms with E-state index < -0.39 is 52.2 Å². The molecule has 28 heteroatoms. The number of aromatic nitrogens is 4. The number of hydrogen-bond donors (Lipinski definition) is 2. The Morgan fingerprint density at radius 1 is 0.587 bits per heavy atom. The maximum absolute atomic E-state index is 12.8. The van der Waals surface area contributed by atoms with Crippen LogP contribution in [-0.4, -0.2) is 134 Å². The number of aliphatic hydroxyl groups is 2. The van der Waals surface area contributed by atoms with Gasteiger partial charge in [-0.2, -0.15) is 13.2 Å². The van der Waals surface area contributed by atoms with Crippen LogP contribution in [0.2, 0.25) is 0 Å². The number of ether oxygens (including phenoxy) is 8. The molecule has 3 aromatic carbocycles. The van der Waals surface area contributed by atoms with Crippen molar-refractivity contribution in [1.82, 2.24) is 19.9 Å². The van der Waals surface area contributed by atoms with Crippen LogP contribution in [0.15, 0.2) is 148 Å². The van der Waals surface area contributed by atoms with E-state index in [-0.39, 0.29) is 114 Å². The van der Waals surface area contributed by atoms with Crippen molar-refractivity contribution in [3.8, 4) is 33.5 Å². The van der Waals surface area contributed by atoms with Crippen LogP contribution in [0.4, 0.5) is 18.0 Å². The van der Waals surface area contributed by atoms with Crippen molar-refractivity contribution < 1.29 is 108 Å². The molecular weight excluding hydrogens is 1930 g/mol. The van der Waals surface area contributed by atoms with Gasteiger partial charge in [-0.3, -0.25) is 33.8 Å². The topological polar surface area (TPSA) is 329 Å². The fourth-order valence-corrected chi connectivity index (χ4v) is 25.8. The number of aryl methyl sites for hydroxylation is 4. The molecule has 150 heavy (non-hydrogen) atoms. The standard InChI is InChI=1S/C32H54O3.C23H32O5.C17H21NO3.C16H16F3NO2S.C15H17NO3.C10H13NO2.C9H16O2/c1-21(2)10-9-11-22(3)26-14-15-27-25-13-12-23-20-24(34-29(33)35-30(4,5)6)16-18-31(23,7)28(25)17-19-32(26,27)8;1-13(2)28-20(26)23(27)10-8-17-16-6-5-14-11-15(24)7-9-21(14,3)19(16)18(25)12-22(17,23)4;1-11(2)16(19)21-17(4,5)14-12(3)20-15(18-14)13-9-7-6-8-10-13;1-9(2)22-14(21)8-13-10(3)20-15(23-13)11-4-6-12(7-5-11)16(17,18)19;1-10(2)18-14(17)9-13-11(3)19-15(16-13)12-7-5-4-6-8-12;1-3-8-4-5-9(11-7-8)6-10(12)13-2;1-9(8(10)11-2)6-4-3-5-7-9/h20-22,24-28H,9-19H2,1-8H3;7,9,11,13,16-19,25,27H,5-6,8,10,12H2,1-4H3;6-11H,1-5H3;4-7,9H,8H2,1-3H3;4-8,10H,9H2,1-3H3;4-5,7H,3,6H2,1-2H3;3-7H2,1-2H3/t22-,24-,25?,26+,27?,28?,31-,32+;16?,17?,18-,19?,21-,22-,23-;;;;;/m00...../s1. The van der Waals surface area contributed by atoms with E-state index in [0.29, 0.717) is 74.6 Å². The Balaban J connectivity index is 0.000000184. The number of carbonyl (C=O) groups is 8. The second kappa shape index (κ2) is 52.0. The lowest BCUT2D eigenvalue weighted by Gasteiger charge is -2.59. The molecule has 7 saturated carbocycles. The molecule has 0 saturated heterocycles. The fourth-order valence-electron chi connectivity index (χ4n) is 24.7. The number of halogens is 3. The van der Waals surface area contributed by atoms with Crippen molar-refractivity contribution in [2.45, 2.75) is 387 Å². The number of fused-ring (bicyclic) bond motifs is 10. The highest BCUT2D eigenvalue weighted by Gasteiger charge is 2.69. The molecule has 0 radical (unpaired) electrons. The first-order chi connectivity index (χ1) is 70.3. The van der Waals surface area contributed by atoms with Gasteiger partial charge in [-0.25, -0.2) is 24.5 Å². The van der Waals surface area contributed by atoms with Gasteiger partial charge in [0.05, 0.1) is 91.9 Å². The Labute approximate surface area is 892 Å². The quantitative estimate of drug-likeness (QED) is 0.0322. The van der Waals surface area contributed by atoms with Crippen LogP contribution < -0.4 is 0 Å². The maximum Gasteiger partial charge on any atom is 0.509 e. The Kier molecular flexibility index (Phi) is 42.1. The third kappa shape index (κ3) is 30.8. The predicted molar refractivity (Wildman–Crippen MR) is 575 cm³/mol. The van der Waals surface area contributed by atoms with Crippen molar-refractivity contribution in [2.75, 3.05) is 14.2 Å². The van der Waals surface area contributed by atoms with Gasteiger partial charge in [0.15, 0.2) is 17.0 Å². The molecule has 824 valence electrons. The highest BCUT2D eigenvalue weighted by atomic mass is 32.1. The number of ketones is 1. The summed E-state index contributed by atoms with van der Waals surface area (Å²) in [5.74, 6) is 6.09. The number of alkyl halides is 3. The Bertz CT molecular complexity index is 5760. The normalized spacial score (nSPS) is 25.4. The Morgan fingerprint density at radius 3 is 1.75 bits per heavy atom.